The van der Waals surface area contributed by atoms with Crippen LogP contribution >= 0.6 is 0 Å². The van der Waals surface area contributed by atoms with E-state index in [4.69, 9.17) is 0 Å². The number of rotatable bonds is 7. The first-order valence-corrected chi connectivity index (χ1v) is 7.95. The second-order valence-electron chi connectivity index (χ2n) is 6.12. The molecular formula is C12H26N2O2S. The van der Waals surface area contributed by atoms with Crippen LogP contribution < -0.4 is 10.0 Å². The Kier molecular flexibility index (Phi) is 4.27. The van der Waals surface area contributed by atoms with Crippen molar-refractivity contribution in [1.82, 2.24) is 10.0 Å². The molecule has 0 aromatic carbocycles. The van der Waals surface area contributed by atoms with Crippen molar-refractivity contribution in [1.29, 1.82) is 0 Å². The van der Waals surface area contributed by atoms with Gasteiger partial charge in [0.1, 0.15) is 0 Å². The molecule has 0 amide bonds. The van der Waals surface area contributed by atoms with Gasteiger partial charge in [0.05, 0.1) is 5.75 Å². The Morgan fingerprint density at radius 3 is 2.00 bits per heavy atom. The molecule has 0 unspecified atom stereocenters. The molecule has 0 heterocycles. The van der Waals surface area contributed by atoms with Crippen molar-refractivity contribution in [2.45, 2.75) is 46.6 Å². The van der Waals surface area contributed by atoms with E-state index >= 15 is 0 Å². The number of sulfonamides is 1. The summed E-state index contributed by atoms with van der Waals surface area (Å²) in [4.78, 5) is 0. The average Bonchev–Trinajstić information content (AvgIpc) is 2.55. The van der Waals surface area contributed by atoms with Gasteiger partial charge in [-0.05, 0) is 37.3 Å². The third-order valence-corrected chi connectivity index (χ3v) is 5.83. The van der Waals surface area contributed by atoms with Gasteiger partial charge in [0.2, 0.25) is 10.0 Å². The minimum Gasteiger partial charge on any atom is -0.320 e. The second kappa shape index (κ2) is 4.86. The predicted molar refractivity (Wildman–Crippen MR) is 71.4 cm³/mol. The van der Waals surface area contributed by atoms with Crippen molar-refractivity contribution in [3.8, 4) is 0 Å². The normalized spacial score (nSPS) is 22.6. The number of hydrogen-bond acceptors (Lipinski definition) is 3. The van der Waals surface area contributed by atoms with Crippen LogP contribution in [0.3, 0.4) is 0 Å². The lowest BCUT2D eigenvalue weighted by Gasteiger charge is -2.08. The average molecular weight is 262 g/mol. The van der Waals surface area contributed by atoms with Crippen LogP contribution in [-0.4, -0.2) is 33.8 Å². The van der Waals surface area contributed by atoms with Gasteiger partial charge in [-0.25, -0.2) is 13.1 Å². The van der Waals surface area contributed by atoms with Crippen LogP contribution in [0.2, 0.25) is 0 Å². The van der Waals surface area contributed by atoms with Gasteiger partial charge in [-0.15, -0.1) is 0 Å². The Balaban J connectivity index is 2.42. The molecule has 5 heteroatoms. The second-order valence-corrected chi connectivity index (χ2v) is 8.00. The van der Waals surface area contributed by atoms with Crippen LogP contribution in [0, 0.1) is 10.8 Å². The molecule has 0 atom stereocenters. The highest BCUT2D eigenvalue weighted by molar-refractivity contribution is 7.89. The van der Waals surface area contributed by atoms with E-state index in [1.54, 1.807) is 0 Å². The van der Waals surface area contributed by atoms with Crippen LogP contribution in [0.4, 0.5) is 0 Å². The van der Waals surface area contributed by atoms with Crippen molar-refractivity contribution in [3.63, 3.8) is 0 Å². The first-order valence-electron chi connectivity index (χ1n) is 6.30. The van der Waals surface area contributed by atoms with E-state index in [-0.39, 0.29) is 22.6 Å². The Hall–Kier alpha value is -0.130. The minimum atomic E-state index is -3.12. The maximum Gasteiger partial charge on any atom is 0.211 e. The summed E-state index contributed by atoms with van der Waals surface area (Å²) in [6, 6.07) is 0.0734. The lowest BCUT2D eigenvalue weighted by atomic mass is 10.0. The topological polar surface area (TPSA) is 58.2 Å². The highest BCUT2D eigenvalue weighted by atomic mass is 32.2. The van der Waals surface area contributed by atoms with E-state index in [0.29, 0.717) is 6.42 Å². The molecule has 0 saturated heterocycles. The molecular weight excluding hydrogens is 236 g/mol. The highest BCUT2D eigenvalue weighted by Gasteiger charge is 2.65. The van der Waals surface area contributed by atoms with Crippen LogP contribution in [0.15, 0.2) is 0 Å². The summed E-state index contributed by atoms with van der Waals surface area (Å²) in [6.45, 7) is 9.32. The van der Waals surface area contributed by atoms with E-state index in [2.05, 4.69) is 37.7 Å². The smallest absolute Gasteiger partial charge is 0.211 e. The zero-order valence-corrected chi connectivity index (χ0v) is 12.4. The van der Waals surface area contributed by atoms with Gasteiger partial charge in [-0.3, -0.25) is 0 Å². The van der Waals surface area contributed by atoms with E-state index in [0.717, 1.165) is 13.0 Å². The number of hydrogen-bond donors (Lipinski definition) is 2. The Bertz CT molecular complexity index is 347. The van der Waals surface area contributed by atoms with Crippen molar-refractivity contribution >= 4 is 10.0 Å². The maximum atomic E-state index is 11.9. The zero-order chi connectivity index (χ0) is 13.3. The van der Waals surface area contributed by atoms with Gasteiger partial charge >= 0.3 is 0 Å². The number of nitrogens with one attached hydrogen (secondary N) is 2. The van der Waals surface area contributed by atoms with Crippen LogP contribution in [0.25, 0.3) is 0 Å². The van der Waals surface area contributed by atoms with E-state index in [9.17, 15) is 8.42 Å². The van der Waals surface area contributed by atoms with E-state index < -0.39 is 10.0 Å². The van der Waals surface area contributed by atoms with Gasteiger partial charge < -0.3 is 5.32 Å². The molecule has 4 nitrogen and oxygen atoms in total. The Morgan fingerprint density at radius 1 is 1.06 bits per heavy atom. The van der Waals surface area contributed by atoms with Gasteiger partial charge in [0.15, 0.2) is 0 Å². The van der Waals surface area contributed by atoms with Crippen molar-refractivity contribution in [3.05, 3.63) is 0 Å². The molecule has 0 spiro atoms. The quantitative estimate of drug-likeness (QED) is 0.681. The standard InChI is InChI=1S/C12H26N2O2S/c1-11(2)10(12(11,3)4)14-17(15,16)9-7-6-8-13-5/h10,13-14H,6-9H2,1-5H3. The fourth-order valence-electron chi connectivity index (χ4n) is 2.32. The molecule has 1 aliphatic carbocycles. The lowest BCUT2D eigenvalue weighted by Crippen LogP contribution is -2.32. The van der Waals surface area contributed by atoms with Crippen molar-refractivity contribution in [2.24, 2.45) is 10.8 Å². The van der Waals surface area contributed by atoms with Crippen LogP contribution in [-0.2, 0) is 10.0 Å². The molecule has 1 fully saturated rings. The van der Waals surface area contributed by atoms with Gasteiger partial charge in [0.25, 0.3) is 0 Å². The summed E-state index contributed by atoms with van der Waals surface area (Å²) in [5.41, 5.74) is 0.121. The molecule has 1 rings (SSSR count). The lowest BCUT2D eigenvalue weighted by molar-refractivity contribution is 0.457. The maximum absolute atomic E-state index is 11.9. The number of unbranched alkanes of at least 4 members (excludes halogenated alkanes) is 1. The van der Waals surface area contributed by atoms with Gasteiger partial charge in [-0.1, -0.05) is 27.7 Å². The highest BCUT2D eigenvalue weighted by Crippen LogP contribution is 2.62. The molecule has 0 aliphatic heterocycles. The van der Waals surface area contributed by atoms with E-state index in [1.807, 2.05) is 7.05 Å². The summed E-state index contributed by atoms with van der Waals surface area (Å²) in [7, 11) is -1.24. The Labute approximate surface area is 106 Å². The third kappa shape index (κ3) is 3.20. The summed E-state index contributed by atoms with van der Waals surface area (Å²) < 4.78 is 26.6. The molecule has 0 bridgehead atoms. The minimum absolute atomic E-state index is 0.0606. The predicted octanol–water partition coefficient (Wildman–Crippen LogP) is 1.34. The van der Waals surface area contributed by atoms with Crippen molar-refractivity contribution in [2.75, 3.05) is 19.3 Å². The molecule has 0 aromatic heterocycles. The molecule has 1 saturated carbocycles. The first-order chi connectivity index (χ1) is 7.65. The fraction of sp³-hybridized carbons (Fsp3) is 1.00. The van der Waals surface area contributed by atoms with Crippen molar-refractivity contribution < 1.29 is 8.42 Å². The van der Waals surface area contributed by atoms with Crippen LogP contribution in [0.1, 0.15) is 40.5 Å². The van der Waals surface area contributed by atoms with Gasteiger partial charge in [-0.2, -0.15) is 0 Å². The summed E-state index contributed by atoms with van der Waals surface area (Å²) in [6.07, 6.45) is 1.61. The SMILES string of the molecule is CNCCCCS(=O)(=O)NC1C(C)(C)C1(C)C. The van der Waals surface area contributed by atoms with Gasteiger partial charge in [0, 0.05) is 6.04 Å². The monoisotopic (exact) mass is 262 g/mol. The summed E-state index contributed by atoms with van der Waals surface area (Å²) >= 11 is 0. The molecule has 0 radical (unpaired) electrons. The zero-order valence-electron chi connectivity index (χ0n) is 11.6. The molecule has 102 valence electrons. The Morgan fingerprint density at radius 2 is 1.59 bits per heavy atom. The molecule has 0 aromatic rings. The molecule has 17 heavy (non-hydrogen) atoms. The summed E-state index contributed by atoms with van der Waals surface area (Å²) in [5.74, 6) is 0.233. The largest absolute Gasteiger partial charge is 0.320 e. The molecule has 1 aliphatic rings. The molecule has 2 N–H and O–H groups in total. The fourth-order valence-corrected chi connectivity index (χ4v) is 3.97. The first kappa shape index (κ1) is 14.9. The third-order valence-electron chi connectivity index (χ3n) is 4.41. The van der Waals surface area contributed by atoms with E-state index in [1.165, 1.54) is 0 Å². The summed E-state index contributed by atoms with van der Waals surface area (Å²) in [5, 5.41) is 3.02. The van der Waals surface area contributed by atoms with Crippen LogP contribution in [0.5, 0.6) is 0 Å².